The molecule has 0 bridgehead atoms. The van der Waals surface area contributed by atoms with Crippen LogP contribution in [0.25, 0.3) is 33.3 Å². The lowest BCUT2D eigenvalue weighted by atomic mass is 10.00. The summed E-state index contributed by atoms with van der Waals surface area (Å²) in [6.07, 6.45) is 1.48. The number of fused-ring (bicyclic) bond motifs is 1. The third kappa shape index (κ3) is 2.34. The van der Waals surface area contributed by atoms with Gasteiger partial charge >= 0.3 is 0 Å². The van der Waals surface area contributed by atoms with Crippen LogP contribution in [0.2, 0.25) is 0 Å². The van der Waals surface area contributed by atoms with Crippen LogP contribution in [0.4, 0.5) is 0 Å². The standard InChI is InChI=1S/C20H14N2O2/c23-18-13-17(14-7-3-1-4-8-14)16-11-12-22(24)20(19(16)21-18)15-9-5-2-6-10-15/h1-13H,(H,21,23). The highest BCUT2D eigenvalue weighted by atomic mass is 16.5. The molecule has 0 aliphatic rings. The molecule has 0 amide bonds. The smallest absolute Gasteiger partial charge is 0.249 e. The van der Waals surface area contributed by atoms with E-state index in [0.29, 0.717) is 11.2 Å². The zero-order valence-electron chi connectivity index (χ0n) is 12.8. The molecule has 24 heavy (non-hydrogen) atoms. The fourth-order valence-corrected chi connectivity index (χ4v) is 2.98. The summed E-state index contributed by atoms with van der Waals surface area (Å²) in [7, 11) is 0. The number of aromatic nitrogens is 2. The minimum Gasteiger partial charge on any atom is -0.618 e. The van der Waals surface area contributed by atoms with E-state index < -0.39 is 0 Å². The molecule has 0 aliphatic carbocycles. The van der Waals surface area contributed by atoms with Gasteiger partial charge in [-0.25, -0.2) is 0 Å². The zero-order chi connectivity index (χ0) is 16.5. The normalized spacial score (nSPS) is 10.8. The van der Waals surface area contributed by atoms with Crippen molar-refractivity contribution < 1.29 is 4.73 Å². The molecular weight excluding hydrogens is 300 g/mol. The lowest BCUT2D eigenvalue weighted by Crippen LogP contribution is -2.29. The van der Waals surface area contributed by atoms with Gasteiger partial charge in [0.1, 0.15) is 5.52 Å². The van der Waals surface area contributed by atoms with Crippen molar-refractivity contribution in [1.82, 2.24) is 4.98 Å². The number of hydrogen-bond donors (Lipinski definition) is 1. The van der Waals surface area contributed by atoms with Crippen molar-refractivity contribution in [2.24, 2.45) is 0 Å². The van der Waals surface area contributed by atoms with Crippen LogP contribution in [-0.4, -0.2) is 4.98 Å². The monoisotopic (exact) mass is 314 g/mol. The Labute approximate surface area is 138 Å². The van der Waals surface area contributed by atoms with E-state index in [4.69, 9.17) is 0 Å². The Hall–Kier alpha value is -3.40. The molecule has 0 aliphatic heterocycles. The third-order valence-corrected chi connectivity index (χ3v) is 4.05. The second-order valence-corrected chi connectivity index (χ2v) is 5.56. The molecule has 0 saturated heterocycles. The molecule has 4 rings (SSSR count). The first-order valence-corrected chi connectivity index (χ1v) is 7.64. The lowest BCUT2D eigenvalue weighted by molar-refractivity contribution is -0.592. The Kier molecular flexibility index (Phi) is 3.35. The first kappa shape index (κ1) is 14.2. The Morgan fingerprint density at radius 1 is 0.833 bits per heavy atom. The number of nitrogens with zero attached hydrogens (tertiary/aromatic N) is 1. The summed E-state index contributed by atoms with van der Waals surface area (Å²) in [5.41, 5.74) is 3.28. The van der Waals surface area contributed by atoms with Gasteiger partial charge in [-0.3, -0.25) is 4.79 Å². The summed E-state index contributed by atoms with van der Waals surface area (Å²) < 4.78 is 0.794. The van der Waals surface area contributed by atoms with Crippen LogP contribution in [0.3, 0.4) is 0 Å². The maximum Gasteiger partial charge on any atom is 0.249 e. The highest BCUT2D eigenvalue weighted by Gasteiger charge is 2.17. The fourth-order valence-electron chi connectivity index (χ4n) is 2.98. The molecule has 0 fully saturated rings. The average molecular weight is 314 g/mol. The van der Waals surface area contributed by atoms with Crippen LogP contribution >= 0.6 is 0 Å². The Bertz CT molecular complexity index is 1070. The van der Waals surface area contributed by atoms with Crippen molar-refractivity contribution >= 4 is 10.9 Å². The van der Waals surface area contributed by atoms with E-state index in [-0.39, 0.29) is 5.56 Å². The molecule has 116 valence electrons. The number of rotatable bonds is 2. The molecule has 0 unspecified atom stereocenters. The molecule has 4 nitrogen and oxygen atoms in total. The van der Waals surface area contributed by atoms with Crippen molar-refractivity contribution in [3.63, 3.8) is 0 Å². The molecule has 1 N–H and O–H groups in total. The van der Waals surface area contributed by atoms with E-state index in [9.17, 15) is 10.0 Å². The molecule has 0 spiro atoms. The van der Waals surface area contributed by atoms with Gasteiger partial charge in [-0.1, -0.05) is 48.5 Å². The Balaban J connectivity index is 2.11. The molecule has 4 heteroatoms. The summed E-state index contributed by atoms with van der Waals surface area (Å²) in [5.74, 6) is 0. The van der Waals surface area contributed by atoms with E-state index in [1.54, 1.807) is 12.1 Å². The number of H-pyrrole nitrogens is 1. The Morgan fingerprint density at radius 3 is 2.12 bits per heavy atom. The molecule has 2 aromatic heterocycles. The second-order valence-electron chi connectivity index (χ2n) is 5.56. The van der Waals surface area contributed by atoms with Crippen molar-refractivity contribution in [3.8, 4) is 22.4 Å². The maximum atomic E-state index is 12.4. The van der Waals surface area contributed by atoms with Crippen LogP contribution in [0.5, 0.6) is 0 Å². The highest BCUT2D eigenvalue weighted by molar-refractivity contribution is 5.99. The number of nitrogens with one attached hydrogen (secondary N) is 1. The molecule has 0 atom stereocenters. The molecule has 4 aromatic rings. The lowest BCUT2D eigenvalue weighted by Gasteiger charge is -2.11. The van der Waals surface area contributed by atoms with Gasteiger partial charge in [0.25, 0.3) is 0 Å². The van der Waals surface area contributed by atoms with Crippen LogP contribution in [0, 0.1) is 5.21 Å². The largest absolute Gasteiger partial charge is 0.618 e. The van der Waals surface area contributed by atoms with Crippen LogP contribution in [0.15, 0.2) is 83.8 Å². The average Bonchev–Trinajstić information content (AvgIpc) is 2.62. The summed E-state index contributed by atoms with van der Waals surface area (Å²) in [6.45, 7) is 0. The van der Waals surface area contributed by atoms with Crippen LogP contribution in [0.1, 0.15) is 0 Å². The van der Waals surface area contributed by atoms with Crippen molar-refractivity contribution in [2.75, 3.05) is 0 Å². The van der Waals surface area contributed by atoms with Gasteiger partial charge in [0, 0.05) is 23.1 Å². The van der Waals surface area contributed by atoms with Gasteiger partial charge in [0.2, 0.25) is 11.3 Å². The van der Waals surface area contributed by atoms with Crippen molar-refractivity contribution in [3.05, 3.63) is 94.6 Å². The quantitative estimate of drug-likeness (QED) is 0.455. The first-order valence-electron chi connectivity index (χ1n) is 7.64. The molecule has 0 radical (unpaired) electrons. The molecule has 2 heterocycles. The van der Waals surface area contributed by atoms with E-state index in [1.807, 2.05) is 60.7 Å². The molecule has 2 aromatic carbocycles. The second kappa shape index (κ2) is 5.66. The van der Waals surface area contributed by atoms with Gasteiger partial charge in [-0.05, 0) is 23.3 Å². The van der Waals surface area contributed by atoms with Gasteiger partial charge in [-0.2, -0.15) is 4.73 Å². The number of benzene rings is 2. The number of aromatic amines is 1. The maximum absolute atomic E-state index is 12.4. The number of hydrogen-bond acceptors (Lipinski definition) is 2. The van der Waals surface area contributed by atoms with Crippen LogP contribution in [-0.2, 0) is 0 Å². The third-order valence-electron chi connectivity index (χ3n) is 4.05. The fraction of sp³-hybridized carbons (Fsp3) is 0. The van der Waals surface area contributed by atoms with Crippen molar-refractivity contribution in [1.29, 1.82) is 0 Å². The summed E-state index contributed by atoms with van der Waals surface area (Å²) in [6, 6.07) is 22.3. The molecular formula is C20H14N2O2. The van der Waals surface area contributed by atoms with Crippen LogP contribution < -0.4 is 10.3 Å². The van der Waals surface area contributed by atoms with E-state index >= 15 is 0 Å². The summed E-state index contributed by atoms with van der Waals surface area (Å²) in [5, 5.41) is 13.2. The van der Waals surface area contributed by atoms with E-state index in [2.05, 4.69) is 4.98 Å². The van der Waals surface area contributed by atoms with Gasteiger partial charge in [-0.15, -0.1) is 0 Å². The van der Waals surface area contributed by atoms with Gasteiger partial charge < -0.3 is 10.2 Å². The topological polar surface area (TPSA) is 59.8 Å². The van der Waals surface area contributed by atoms with Crippen molar-refractivity contribution in [2.45, 2.75) is 0 Å². The first-order chi connectivity index (χ1) is 11.7. The zero-order valence-corrected chi connectivity index (χ0v) is 12.8. The number of pyridine rings is 2. The van der Waals surface area contributed by atoms with E-state index in [0.717, 1.165) is 26.8 Å². The van der Waals surface area contributed by atoms with E-state index in [1.165, 1.54) is 6.20 Å². The van der Waals surface area contributed by atoms with Gasteiger partial charge in [0.15, 0.2) is 6.20 Å². The SMILES string of the molecule is O=c1cc(-c2ccccc2)c2cc[n+]([O-])c(-c3ccccc3)c2[nH]1. The predicted octanol–water partition coefficient (Wildman–Crippen LogP) is 3.50. The van der Waals surface area contributed by atoms with Gasteiger partial charge in [0.05, 0.1) is 0 Å². The predicted molar refractivity (Wildman–Crippen MR) is 94.4 cm³/mol. The minimum atomic E-state index is -0.232. The molecule has 0 saturated carbocycles. The minimum absolute atomic E-state index is 0.232. The highest BCUT2D eigenvalue weighted by Crippen LogP contribution is 2.30. The Morgan fingerprint density at radius 2 is 1.46 bits per heavy atom. The summed E-state index contributed by atoms with van der Waals surface area (Å²) in [4.78, 5) is 15.0. The summed E-state index contributed by atoms with van der Waals surface area (Å²) >= 11 is 0.